The van der Waals surface area contributed by atoms with E-state index in [0.717, 1.165) is 3.57 Å². The molecular formula is C6H4IN3. The predicted molar refractivity (Wildman–Crippen MR) is 46.1 cm³/mol. The third-order valence-electron chi connectivity index (χ3n) is 0.990. The number of hydrogen-bond donors (Lipinski definition) is 1. The van der Waals surface area contributed by atoms with E-state index in [4.69, 9.17) is 11.0 Å². The first-order chi connectivity index (χ1) is 4.74. The van der Waals surface area contributed by atoms with Crippen molar-refractivity contribution in [1.29, 1.82) is 5.26 Å². The zero-order valence-corrected chi connectivity index (χ0v) is 7.16. The van der Waals surface area contributed by atoms with Crippen LogP contribution < -0.4 is 5.73 Å². The lowest BCUT2D eigenvalue weighted by atomic mass is 10.3. The van der Waals surface area contributed by atoms with Gasteiger partial charge in [0.05, 0.1) is 5.69 Å². The molecule has 0 spiro atoms. The second kappa shape index (κ2) is 2.84. The normalized spacial score (nSPS) is 8.80. The molecule has 0 amide bonds. The molecule has 0 atom stereocenters. The van der Waals surface area contributed by atoms with Gasteiger partial charge in [-0.05, 0) is 28.7 Å². The van der Waals surface area contributed by atoms with Crippen LogP contribution in [0.25, 0.3) is 0 Å². The van der Waals surface area contributed by atoms with Gasteiger partial charge in [-0.3, -0.25) is 0 Å². The van der Waals surface area contributed by atoms with Crippen molar-refractivity contribution in [2.45, 2.75) is 0 Å². The molecule has 0 aliphatic heterocycles. The molecule has 1 rings (SSSR count). The van der Waals surface area contributed by atoms with Crippen molar-refractivity contribution in [2.24, 2.45) is 0 Å². The van der Waals surface area contributed by atoms with Crippen LogP contribution in [0.1, 0.15) is 5.69 Å². The van der Waals surface area contributed by atoms with E-state index < -0.39 is 0 Å². The van der Waals surface area contributed by atoms with Gasteiger partial charge in [-0.25, -0.2) is 4.98 Å². The van der Waals surface area contributed by atoms with Gasteiger partial charge >= 0.3 is 0 Å². The first-order valence-corrected chi connectivity index (χ1v) is 3.63. The number of halogens is 1. The molecule has 0 unspecified atom stereocenters. The molecule has 0 bridgehead atoms. The minimum atomic E-state index is 0.292. The van der Waals surface area contributed by atoms with Crippen molar-refractivity contribution in [3.8, 4) is 6.07 Å². The molecule has 10 heavy (non-hydrogen) atoms. The summed E-state index contributed by atoms with van der Waals surface area (Å²) in [5, 5.41) is 8.41. The highest BCUT2D eigenvalue weighted by Crippen LogP contribution is 2.10. The third kappa shape index (κ3) is 1.36. The lowest BCUT2D eigenvalue weighted by Gasteiger charge is -1.94. The van der Waals surface area contributed by atoms with Gasteiger partial charge in [0.1, 0.15) is 6.07 Å². The van der Waals surface area contributed by atoms with Gasteiger partial charge in [-0.15, -0.1) is 0 Å². The fraction of sp³-hybridized carbons (Fsp3) is 0. The molecule has 0 fully saturated rings. The molecular weight excluding hydrogens is 241 g/mol. The quantitative estimate of drug-likeness (QED) is 0.697. The third-order valence-corrected chi connectivity index (χ3v) is 1.58. The molecule has 0 saturated heterocycles. The van der Waals surface area contributed by atoms with E-state index in [2.05, 4.69) is 27.6 Å². The second-order valence-corrected chi connectivity index (χ2v) is 2.95. The van der Waals surface area contributed by atoms with Crippen molar-refractivity contribution in [3.63, 3.8) is 0 Å². The highest BCUT2D eigenvalue weighted by atomic mass is 127. The van der Waals surface area contributed by atoms with Gasteiger partial charge < -0.3 is 5.73 Å². The van der Waals surface area contributed by atoms with E-state index in [9.17, 15) is 0 Å². The Morgan fingerprint density at radius 2 is 2.40 bits per heavy atom. The SMILES string of the molecule is N#Cc1ncc(I)cc1N. The standard InChI is InChI=1S/C6H4IN3/c7-4-1-5(9)6(2-8)10-3-4/h1,3H,9H2. The van der Waals surface area contributed by atoms with Crippen molar-refractivity contribution < 1.29 is 0 Å². The molecule has 0 aliphatic rings. The Labute approximate surface area is 72.0 Å². The largest absolute Gasteiger partial charge is 0.396 e. The van der Waals surface area contributed by atoms with Gasteiger partial charge in [0, 0.05) is 9.77 Å². The number of nitriles is 1. The molecule has 1 heterocycles. The molecule has 2 N–H and O–H groups in total. The average molecular weight is 245 g/mol. The Bertz CT molecular complexity index is 290. The highest BCUT2D eigenvalue weighted by molar-refractivity contribution is 14.1. The summed E-state index contributed by atoms with van der Waals surface area (Å²) in [7, 11) is 0. The summed E-state index contributed by atoms with van der Waals surface area (Å²) in [6.45, 7) is 0. The minimum absolute atomic E-state index is 0.292. The van der Waals surface area contributed by atoms with Crippen LogP contribution in [0.3, 0.4) is 0 Å². The number of nitrogen functional groups attached to an aromatic ring is 1. The van der Waals surface area contributed by atoms with Crippen LogP contribution >= 0.6 is 22.6 Å². The molecule has 0 radical (unpaired) electrons. The summed E-state index contributed by atoms with van der Waals surface area (Å²) in [5.41, 5.74) is 6.17. The van der Waals surface area contributed by atoms with Crippen molar-refractivity contribution in [1.82, 2.24) is 4.98 Å². The van der Waals surface area contributed by atoms with E-state index in [1.54, 1.807) is 12.3 Å². The molecule has 1 aromatic heterocycles. The molecule has 1 aromatic rings. The highest BCUT2D eigenvalue weighted by Gasteiger charge is 1.97. The van der Waals surface area contributed by atoms with E-state index in [0.29, 0.717) is 11.4 Å². The van der Waals surface area contributed by atoms with Crippen molar-refractivity contribution >= 4 is 28.3 Å². The van der Waals surface area contributed by atoms with Crippen LogP contribution in [0.5, 0.6) is 0 Å². The van der Waals surface area contributed by atoms with Gasteiger partial charge in [0.15, 0.2) is 5.69 Å². The molecule has 0 aliphatic carbocycles. The number of nitrogens with zero attached hydrogens (tertiary/aromatic N) is 2. The first kappa shape index (κ1) is 7.28. The number of hydrogen-bond acceptors (Lipinski definition) is 3. The van der Waals surface area contributed by atoms with Crippen molar-refractivity contribution in [2.75, 3.05) is 5.73 Å². The smallest absolute Gasteiger partial charge is 0.163 e. The van der Waals surface area contributed by atoms with Crippen LogP contribution in [0.4, 0.5) is 5.69 Å². The summed E-state index contributed by atoms with van der Waals surface area (Å²) in [6, 6.07) is 3.60. The maximum absolute atomic E-state index is 8.41. The lowest BCUT2D eigenvalue weighted by Crippen LogP contribution is -1.93. The maximum atomic E-state index is 8.41. The Hall–Kier alpha value is -0.830. The van der Waals surface area contributed by atoms with E-state index in [1.807, 2.05) is 6.07 Å². The minimum Gasteiger partial charge on any atom is -0.396 e. The number of anilines is 1. The summed E-state index contributed by atoms with van der Waals surface area (Å²) in [6.07, 6.45) is 1.61. The Morgan fingerprint density at radius 3 is 2.90 bits per heavy atom. The monoisotopic (exact) mass is 245 g/mol. The first-order valence-electron chi connectivity index (χ1n) is 2.55. The molecule has 4 heteroatoms. The molecule has 3 nitrogen and oxygen atoms in total. The summed E-state index contributed by atoms with van der Waals surface area (Å²) < 4.78 is 0.939. The number of pyridine rings is 1. The predicted octanol–water partition coefficient (Wildman–Crippen LogP) is 1.14. The van der Waals surface area contributed by atoms with Gasteiger partial charge in [0.25, 0.3) is 0 Å². The molecule has 0 saturated carbocycles. The molecule has 0 aromatic carbocycles. The zero-order chi connectivity index (χ0) is 7.56. The second-order valence-electron chi connectivity index (χ2n) is 1.70. The summed E-state index contributed by atoms with van der Waals surface area (Å²) >= 11 is 2.09. The Balaban J connectivity index is 3.23. The fourth-order valence-electron chi connectivity index (χ4n) is 0.548. The van der Waals surface area contributed by atoms with Gasteiger partial charge in [-0.1, -0.05) is 0 Å². The maximum Gasteiger partial charge on any atom is 0.163 e. The molecule has 50 valence electrons. The van der Waals surface area contributed by atoms with E-state index >= 15 is 0 Å². The topological polar surface area (TPSA) is 62.7 Å². The van der Waals surface area contributed by atoms with Gasteiger partial charge in [0.2, 0.25) is 0 Å². The van der Waals surface area contributed by atoms with E-state index in [-0.39, 0.29) is 0 Å². The Kier molecular flexibility index (Phi) is 2.06. The number of aromatic nitrogens is 1. The van der Waals surface area contributed by atoms with E-state index in [1.165, 1.54) is 0 Å². The fourth-order valence-corrected chi connectivity index (χ4v) is 1.02. The van der Waals surface area contributed by atoms with Crippen LogP contribution in [-0.2, 0) is 0 Å². The number of nitrogens with two attached hydrogens (primary N) is 1. The van der Waals surface area contributed by atoms with Crippen LogP contribution in [0.15, 0.2) is 12.3 Å². The zero-order valence-electron chi connectivity index (χ0n) is 5.00. The van der Waals surface area contributed by atoms with Crippen LogP contribution in [0, 0.1) is 14.9 Å². The summed E-state index contributed by atoms with van der Waals surface area (Å²) in [4.78, 5) is 3.80. The Morgan fingerprint density at radius 1 is 1.70 bits per heavy atom. The number of rotatable bonds is 0. The van der Waals surface area contributed by atoms with Crippen LogP contribution in [0.2, 0.25) is 0 Å². The van der Waals surface area contributed by atoms with Gasteiger partial charge in [-0.2, -0.15) is 5.26 Å². The lowest BCUT2D eigenvalue weighted by molar-refractivity contribution is 1.25. The summed E-state index contributed by atoms with van der Waals surface area (Å²) in [5.74, 6) is 0. The average Bonchev–Trinajstić information content (AvgIpc) is 1.88. The van der Waals surface area contributed by atoms with Crippen LogP contribution in [-0.4, -0.2) is 4.98 Å². The van der Waals surface area contributed by atoms with Crippen molar-refractivity contribution in [3.05, 3.63) is 21.5 Å².